The third kappa shape index (κ3) is 3.14. The number of non-ortho nitro benzene ring substituents is 1. The highest BCUT2D eigenvalue weighted by molar-refractivity contribution is 5.93. The van der Waals surface area contributed by atoms with E-state index in [2.05, 4.69) is 0 Å². The molecule has 0 aliphatic heterocycles. The second-order valence-electron chi connectivity index (χ2n) is 4.67. The number of ketones is 1. The van der Waals surface area contributed by atoms with Crippen molar-refractivity contribution < 1.29 is 19.1 Å². The van der Waals surface area contributed by atoms with Gasteiger partial charge >= 0.3 is 6.03 Å². The molecule has 0 aliphatic carbocycles. The smallest absolute Gasteiger partial charge is 0.295 e. The van der Waals surface area contributed by atoms with Crippen molar-refractivity contribution in [1.29, 1.82) is 0 Å². The number of anilines is 1. The fourth-order valence-corrected chi connectivity index (χ4v) is 1.87. The number of benzene rings is 1. The van der Waals surface area contributed by atoms with E-state index in [0.717, 1.165) is 0 Å². The van der Waals surface area contributed by atoms with Gasteiger partial charge in [0.05, 0.1) is 12.0 Å². The van der Waals surface area contributed by atoms with Crippen molar-refractivity contribution in [3.05, 3.63) is 64.5 Å². The van der Waals surface area contributed by atoms with Gasteiger partial charge in [0, 0.05) is 17.7 Å². The summed E-state index contributed by atoms with van der Waals surface area (Å²) in [6.45, 7) is 1.45. The molecular weight excluding hydrogens is 286 g/mol. The summed E-state index contributed by atoms with van der Waals surface area (Å²) in [4.78, 5) is 35.0. The van der Waals surface area contributed by atoms with Gasteiger partial charge in [0.15, 0.2) is 5.78 Å². The summed E-state index contributed by atoms with van der Waals surface area (Å²) in [5, 5.41) is 10.6. The number of nitro groups is 1. The molecule has 0 saturated heterocycles. The predicted octanol–water partition coefficient (Wildman–Crippen LogP) is 2.19. The standard InChI is InChI=1S/C15H14N3O4/c1-11(19)12-7-9-17(10-8-12)15(20)16(2)13-3-5-14(6-4-13)18(21)22/h3-10H,1-2H3/q+1. The number of nitrogens with zero attached hydrogens (tertiary/aromatic N) is 3. The Kier molecular flexibility index (Phi) is 4.26. The first-order chi connectivity index (χ1) is 10.4. The molecule has 1 aromatic heterocycles. The van der Waals surface area contributed by atoms with Crippen LogP contribution in [0, 0.1) is 10.1 Å². The molecule has 2 aromatic rings. The number of rotatable bonds is 3. The number of carbonyl (C=O) groups excluding carboxylic acids is 2. The third-order valence-corrected chi connectivity index (χ3v) is 3.19. The van der Waals surface area contributed by atoms with Crippen molar-refractivity contribution in [1.82, 2.24) is 0 Å². The Morgan fingerprint density at radius 1 is 1.09 bits per heavy atom. The van der Waals surface area contributed by atoms with E-state index in [9.17, 15) is 19.7 Å². The number of aromatic nitrogens is 1. The molecule has 0 atom stereocenters. The van der Waals surface area contributed by atoms with Gasteiger partial charge in [0.25, 0.3) is 5.69 Å². The summed E-state index contributed by atoms with van der Waals surface area (Å²) in [7, 11) is 1.56. The number of Topliss-reactive ketones (excluding diaryl/α,β-unsaturated/α-hetero) is 1. The number of hydrogen-bond donors (Lipinski definition) is 0. The highest BCUT2D eigenvalue weighted by Crippen LogP contribution is 2.18. The number of pyridine rings is 1. The van der Waals surface area contributed by atoms with Gasteiger partial charge in [-0.2, -0.15) is 14.3 Å². The van der Waals surface area contributed by atoms with Crippen LogP contribution in [0.3, 0.4) is 0 Å². The second-order valence-corrected chi connectivity index (χ2v) is 4.67. The van der Waals surface area contributed by atoms with E-state index in [0.29, 0.717) is 11.3 Å². The Balaban J connectivity index is 2.20. The summed E-state index contributed by atoms with van der Waals surface area (Å²) in [5.41, 5.74) is 1.00. The van der Waals surface area contributed by atoms with Gasteiger partial charge in [-0.05, 0) is 31.2 Å². The first-order valence-electron chi connectivity index (χ1n) is 6.45. The van der Waals surface area contributed by atoms with Crippen LogP contribution in [0.1, 0.15) is 17.3 Å². The van der Waals surface area contributed by atoms with Crippen molar-refractivity contribution in [3.63, 3.8) is 0 Å². The maximum Gasteiger partial charge on any atom is 0.502 e. The minimum absolute atomic E-state index is 0.0388. The lowest BCUT2D eigenvalue weighted by Crippen LogP contribution is -2.50. The summed E-state index contributed by atoms with van der Waals surface area (Å²) >= 11 is 0. The van der Waals surface area contributed by atoms with Crippen LogP contribution >= 0.6 is 0 Å². The Morgan fingerprint density at radius 2 is 1.64 bits per heavy atom. The molecule has 7 heteroatoms. The van der Waals surface area contributed by atoms with Gasteiger partial charge in [-0.25, -0.2) is 0 Å². The number of nitro benzene ring substituents is 1. The van der Waals surface area contributed by atoms with Crippen LogP contribution in [0.15, 0.2) is 48.8 Å². The van der Waals surface area contributed by atoms with Crippen LogP contribution in [0.25, 0.3) is 0 Å². The van der Waals surface area contributed by atoms with Crippen LogP contribution < -0.4 is 9.47 Å². The first-order valence-corrected chi connectivity index (χ1v) is 6.45. The van der Waals surface area contributed by atoms with E-state index in [1.54, 1.807) is 19.2 Å². The van der Waals surface area contributed by atoms with Crippen LogP contribution in [0.2, 0.25) is 0 Å². The zero-order valence-corrected chi connectivity index (χ0v) is 12.1. The van der Waals surface area contributed by atoms with E-state index in [4.69, 9.17) is 0 Å². The Bertz CT molecular complexity index is 723. The van der Waals surface area contributed by atoms with Crippen molar-refractivity contribution in [2.24, 2.45) is 0 Å². The minimum atomic E-state index is -0.499. The average molecular weight is 300 g/mol. The zero-order valence-electron chi connectivity index (χ0n) is 12.1. The molecular formula is C15H14N3O4+. The maximum absolute atomic E-state index is 12.3. The molecule has 1 heterocycles. The zero-order chi connectivity index (χ0) is 16.3. The van der Waals surface area contributed by atoms with Gasteiger partial charge < -0.3 is 0 Å². The van der Waals surface area contributed by atoms with Gasteiger partial charge in [-0.3, -0.25) is 14.9 Å². The van der Waals surface area contributed by atoms with Gasteiger partial charge in [-0.15, -0.1) is 0 Å². The van der Waals surface area contributed by atoms with Crippen molar-refractivity contribution >= 4 is 23.2 Å². The summed E-state index contributed by atoms with van der Waals surface area (Å²) in [6.07, 6.45) is 3.00. The molecule has 0 fully saturated rings. The van der Waals surface area contributed by atoms with Crippen LogP contribution in [-0.2, 0) is 0 Å². The van der Waals surface area contributed by atoms with Crippen LogP contribution in [0.4, 0.5) is 16.2 Å². The Labute approximate surface area is 126 Å². The number of amides is 1. The lowest BCUT2D eigenvalue weighted by molar-refractivity contribution is -0.569. The summed E-state index contributed by atoms with van der Waals surface area (Å²) in [5.74, 6) is -0.0803. The maximum atomic E-state index is 12.3. The summed E-state index contributed by atoms with van der Waals surface area (Å²) in [6, 6.07) is 8.45. The van der Waals surface area contributed by atoms with Gasteiger partial charge in [0.1, 0.15) is 18.1 Å². The second kappa shape index (κ2) is 6.13. The van der Waals surface area contributed by atoms with Crippen molar-refractivity contribution in [2.45, 2.75) is 6.92 Å². The lowest BCUT2D eigenvalue weighted by Gasteiger charge is -2.09. The lowest BCUT2D eigenvalue weighted by atomic mass is 10.2. The van der Waals surface area contributed by atoms with Crippen molar-refractivity contribution in [3.8, 4) is 0 Å². The third-order valence-electron chi connectivity index (χ3n) is 3.19. The predicted molar refractivity (Wildman–Crippen MR) is 78.9 cm³/mol. The molecule has 1 aromatic carbocycles. The molecule has 2 rings (SSSR count). The van der Waals surface area contributed by atoms with E-state index in [1.807, 2.05) is 0 Å². The van der Waals surface area contributed by atoms with E-state index < -0.39 is 4.92 Å². The molecule has 1 amide bonds. The van der Waals surface area contributed by atoms with Crippen LogP contribution in [-0.4, -0.2) is 23.8 Å². The van der Waals surface area contributed by atoms with Crippen molar-refractivity contribution in [2.75, 3.05) is 11.9 Å². The molecule has 0 bridgehead atoms. The minimum Gasteiger partial charge on any atom is -0.295 e. The fourth-order valence-electron chi connectivity index (χ4n) is 1.87. The number of carbonyl (C=O) groups is 2. The SMILES string of the molecule is CC(=O)c1cc[n+](C(=O)N(C)c2ccc([N+](=O)[O-])cc2)cc1. The molecule has 112 valence electrons. The Hall–Kier alpha value is -3.09. The molecule has 0 unspecified atom stereocenters. The molecule has 0 radical (unpaired) electrons. The average Bonchev–Trinajstić information content (AvgIpc) is 2.53. The van der Waals surface area contributed by atoms with Gasteiger partial charge in [0.2, 0.25) is 0 Å². The highest BCUT2D eigenvalue weighted by atomic mass is 16.6. The molecule has 0 aliphatic rings. The van der Waals surface area contributed by atoms with E-state index in [1.165, 1.54) is 53.0 Å². The highest BCUT2D eigenvalue weighted by Gasteiger charge is 2.23. The molecule has 0 saturated carbocycles. The fraction of sp³-hybridized carbons (Fsp3) is 0.133. The normalized spacial score (nSPS) is 10.1. The molecule has 0 N–H and O–H groups in total. The first kappa shape index (κ1) is 15.3. The number of hydrogen-bond acceptors (Lipinski definition) is 4. The molecule has 7 nitrogen and oxygen atoms in total. The quantitative estimate of drug-likeness (QED) is 0.376. The topological polar surface area (TPSA) is 84.4 Å². The largest absolute Gasteiger partial charge is 0.502 e. The van der Waals surface area contributed by atoms with E-state index >= 15 is 0 Å². The van der Waals surface area contributed by atoms with E-state index in [-0.39, 0.29) is 17.5 Å². The molecule has 0 spiro atoms. The van der Waals surface area contributed by atoms with Crippen LogP contribution in [0.5, 0.6) is 0 Å². The molecule has 22 heavy (non-hydrogen) atoms. The van der Waals surface area contributed by atoms with Gasteiger partial charge in [-0.1, -0.05) is 0 Å². The summed E-state index contributed by atoms with van der Waals surface area (Å²) < 4.78 is 1.33. The Morgan fingerprint density at radius 3 is 2.09 bits per heavy atom. The monoisotopic (exact) mass is 300 g/mol.